The predicted octanol–water partition coefficient (Wildman–Crippen LogP) is -0.937. The number of carbonyl (C=O) groups excluding carboxylic acids is 1. The molecule has 1 aliphatic heterocycles. The van der Waals surface area contributed by atoms with E-state index < -0.39 is 61.3 Å². The summed E-state index contributed by atoms with van der Waals surface area (Å²) in [5.74, 6) is -2.35. The Morgan fingerprint density at radius 2 is 1.53 bits per heavy atom. The van der Waals surface area contributed by atoms with Crippen LogP contribution >= 0.6 is 0 Å². The van der Waals surface area contributed by atoms with Crippen LogP contribution in [0.1, 0.15) is 17.5 Å². The smallest absolute Gasteiger partial charge is 0.336 e. The highest BCUT2D eigenvalue weighted by Gasteiger charge is 2.44. The standard InChI is InChI=1S/C24H28O12/c25-11-17-19(28)20(29)21(30)22(36-17)35-16-7-3-14(4-8-16)12-34-18(27)10-24(33,23(31)32)9-13-1-5-15(26)6-2-13/h1-8,17,19-22,25-26,28-30,33H,9-12H2,(H,31,32)/t17-,19-,20+,21-,22-,24-/m1/s1. The van der Waals surface area contributed by atoms with Gasteiger partial charge in [-0.1, -0.05) is 24.3 Å². The maximum absolute atomic E-state index is 12.2. The first kappa shape index (κ1) is 27.3. The third-order valence-electron chi connectivity index (χ3n) is 5.69. The number of benzene rings is 2. The first-order valence-corrected chi connectivity index (χ1v) is 11.0. The van der Waals surface area contributed by atoms with Crippen LogP contribution in [0.4, 0.5) is 0 Å². The summed E-state index contributed by atoms with van der Waals surface area (Å²) in [4.78, 5) is 23.9. The maximum atomic E-state index is 12.2. The number of aliphatic carboxylic acids is 1. The van der Waals surface area contributed by atoms with Crippen LogP contribution in [-0.4, -0.2) is 90.6 Å². The molecule has 36 heavy (non-hydrogen) atoms. The van der Waals surface area contributed by atoms with Gasteiger partial charge in [0.25, 0.3) is 0 Å². The average molecular weight is 508 g/mol. The van der Waals surface area contributed by atoms with E-state index >= 15 is 0 Å². The van der Waals surface area contributed by atoms with Crippen LogP contribution in [0, 0.1) is 0 Å². The molecule has 7 N–H and O–H groups in total. The van der Waals surface area contributed by atoms with Crippen LogP contribution in [0.3, 0.4) is 0 Å². The Labute approximate surface area is 205 Å². The third-order valence-corrected chi connectivity index (χ3v) is 5.69. The van der Waals surface area contributed by atoms with Gasteiger partial charge in [-0.2, -0.15) is 0 Å². The number of phenols is 1. The molecule has 1 heterocycles. The molecule has 1 aliphatic rings. The van der Waals surface area contributed by atoms with E-state index in [1.807, 2.05) is 0 Å². The van der Waals surface area contributed by atoms with E-state index in [-0.39, 0.29) is 24.5 Å². The molecule has 196 valence electrons. The van der Waals surface area contributed by atoms with E-state index in [2.05, 4.69) is 0 Å². The quantitative estimate of drug-likeness (QED) is 0.194. The van der Waals surface area contributed by atoms with Gasteiger partial charge in [0.15, 0.2) is 5.60 Å². The number of esters is 1. The van der Waals surface area contributed by atoms with Crippen molar-refractivity contribution in [2.45, 2.75) is 55.8 Å². The highest BCUT2D eigenvalue weighted by Crippen LogP contribution is 2.25. The van der Waals surface area contributed by atoms with E-state index in [1.54, 1.807) is 0 Å². The van der Waals surface area contributed by atoms with Gasteiger partial charge in [0.1, 0.15) is 42.5 Å². The molecule has 0 unspecified atom stereocenters. The summed E-state index contributed by atoms with van der Waals surface area (Å²) in [6.07, 6.45) is -8.32. The number of hydrogen-bond acceptors (Lipinski definition) is 11. The van der Waals surface area contributed by atoms with Gasteiger partial charge in [-0.25, -0.2) is 4.79 Å². The van der Waals surface area contributed by atoms with Crippen molar-refractivity contribution in [1.29, 1.82) is 0 Å². The Kier molecular flexibility index (Phi) is 8.84. The van der Waals surface area contributed by atoms with Crippen molar-refractivity contribution in [3.63, 3.8) is 0 Å². The van der Waals surface area contributed by atoms with Crippen molar-refractivity contribution >= 4 is 11.9 Å². The number of aromatic hydroxyl groups is 1. The molecular weight excluding hydrogens is 480 g/mol. The topological polar surface area (TPSA) is 203 Å². The molecule has 2 aromatic carbocycles. The number of aliphatic hydroxyl groups excluding tert-OH is 4. The zero-order valence-corrected chi connectivity index (χ0v) is 19.0. The Hall–Kier alpha value is -3.26. The zero-order valence-electron chi connectivity index (χ0n) is 19.0. The van der Waals surface area contributed by atoms with Gasteiger partial charge in [0.2, 0.25) is 6.29 Å². The lowest BCUT2D eigenvalue weighted by molar-refractivity contribution is -0.277. The number of carbonyl (C=O) groups is 2. The number of aliphatic hydroxyl groups is 5. The number of carboxylic acids is 1. The highest BCUT2D eigenvalue weighted by atomic mass is 16.7. The Morgan fingerprint density at radius 1 is 0.917 bits per heavy atom. The second-order valence-electron chi connectivity index (χ2n) is 8.48. The predicted molar refractivity (Wildman–Crippen MR) is 120 cm³/mol. The monoisotopic (exact) mass is 508 g/mol. The molecule has 0 amide bonds. The van der Waals surface area contributed by atoms with E-state index in [0.717, 1.165) is 0 Å². The molecule has 0 aromatic heterocycles. The molecule has 0 saturated carbocycles. The maximum Gasteiger partial charge on any atom is 0.336 e. The molecule has 1 fully saturated rings. The molecular formula is C24H28O12. The van der Waals surface area contributed by atoms with Crippen LogP contribution in [-0.2, 0) is 32.1 Å². The SMILES string of the molecule is O=C(C[C@](O)(Cc1ccc(O)cc1)C(=O)O)OCc1ccc(O[C@@H]2O[C@H](CO)[C@@H](O)[C@H](O)[C@H]2O)cc1. The number of ether oxygens (including phenoxy) is 3. The molecule has 1 saturated heterocycles. The van der Waals surface area contributed by atoms with Gasteiger partial charge >= 0.3 is 11.9 Å². The number of hydrogen-bond donors (Lipinski definition) is 7. The van der Waals surface area contributed by atoms with Crippen LogP contribution in [0.2, 0.25) is 0 Å². The Balaban J connectivity index is 1.54. The number of phenolic OH excluding ortho intramolecular Hbond substituents is 1. The van der Waals surface area contributed by atoms with Gasteiger partial charge < -0.3 is 50.0 Å². The van der Waals surface area contributed by atoms with Crippen molar-refractivity contribution in [3.8, 4) is 11.5 Å². The zero-order chi connectivity index (χ0) is 26.5. The molecule has 0 radical (unpaired) electrons. The molecule has 0 spiro atoms. The van der Waals surface area contributed by atoms with Crippen molar-refractivity contribution < 1.29 is 59.5 Å². The number of rotatable bonds is 10. The fourth-order valence-electron chi connectivity index (χ4n) is 3.58. The summed E-state index contributed by atoms with van der Waals surface area (Å²) in [5, 5.41) is 68.2. The van der Waals surface area contributed by atoms with E-state index in [4.69, 9.17) is 14.2 Å². The first-order chi connectivity index (χ1) is 17.0. The van der Waals surface area contributed by atoms with Gasteiger partial charge in [-0.3, -0.25) is 4.79 Å². The summed E-state index contributed by atoms with van der Waals surface area (Å²) in [6, 6.07) is 11.5. The number of carboxylic acid groups (broad SMARTS) is 1. The molecule has 2 aromatic rings. The van der Waals surface area contributed by atoms with Gasteiger partial charge in [-0.05, 0) is 35.4 Å². The summed E-state index contributed by atoms with van der Waals surface area (Å²) < 4.78 is 15.8. The minimum atomic E-state index is -2.41. The summed E-state index contributed by atoms with van der Waals surface area (Å²) in [7, 11) is 0. The minimum Gasteiger partial charge on any atom is -0.508 e. The first-order valence-electron chi connectivity index (χ1n) is 11.0. The molecule has 12 heteroatoms. The van der Waals surface area contributed by atoms with Crippen LogP contribution in [0.15, 0.2) is 48.5 Å². The van der Waals surface area contributed by atoms with Crippen LogP contribution in [0.5, 0.6) is 11.5 Å². The molecule has 3 rings (SSSR count). The largest absolute Gasteiger partial charge is 0.508 e. The van der Waals surface area contributed by atoms with Gasteiger partial charge in [0, 0.05) is 6.42 Å². The second-order valence-corrected chi connectivity index (χ2v) is 8.48. The molecule has 0 aliphatic carbocycles. The lowest BCUT2D eigenvalue weighted by Gasteiger charge is -2.39. The van der Waals surface area contributed by atoms with Crippen molar-refractivity contribution in [2.24, 2.45) is 0 Å². The fourth-order valence-corrected chi connectivity index (χ4v) is 3.58. The lowest BCUT2D eigenvalue weighted by Crippen LogP contribution is -2.60. The highest BCUT2D eigenvalue weighted by molar-refractivity contribution is 5.84. The fraction of sp³-hybridized carbons (Fsp3) is 0.417. The van der Waals surface area contributed by atoms with Crippen LogP contribution in [0.25, 0.3) is 0 Å². The lowest BCUT2D eigenvalue weighted by atomic mass is 9.91. The molecule has 0 bridgehead atoms. The second kappa shape index (κ2) is 11.6. The van der Waals surface area contributed by atoms with Crippen LogP contribution < -0.4 is 4.74 Å². The average Bonchev–Trinajstić information content (AvgIpc) is 2.85. The third kappa shape index (κ3) is 6.69. The summed E-state index contributed by atoms with van der Waals surface area (Å²) in [6.45, 7) is -0.824. The van der Waals surface area contributed by atoms with Gasteiger partial charge in [0.05, 0.1) is 13.0 Å². The molecule has 12 nitrogen and oxygen atoms in total. The van der Waals surface area contributed by atoms with E-state index in [9.17, 15) is 45.3 Å². The van der Waals surface area contributed by atoms with Crippen molar-refractivity contribution in [1.82, 2.24) is 0 Å². The summed E-state index contributed by atoms with van der Waals surface area (Å²) >= 11 is 0. The normalized spacial score (nSPS) is 25.5. The molecule has 6 atom stereocenters. The van der Waals surface area contributed by atoms with Crippen molar-refractivity contribution in [2.75, 3.05) is 6.61 Å². The summed E-state index contributed by atoms with van der Waals surface area (Å²) in [5.41, 5.74) is -1.50. The van der Waals surface area contributed by atoms with Gasteiger partial charge in [-0.15, -0.1) is 0 Å². The van der Waals surface area contributed by atoms with E-state index in [1.165, 1.54) is 48.5 Å². The Bertz CT molecular complexity index is 1020. The minimum absolute atomic E-state index is 0.0263. The Morgan fingerprint density at radius 3 is 2.11 bits per heavy atom. The van der Waals surface area contributed by atoms with E-state index in [0.29, 0.717) is 11.1 Å². The van der Waals surface area contributed by atoms with Crippen molar-refractivity contribution in [3.05, 3.63) is 59.7 Å².